The molecular formula is C20H29F3N2O3S. The van der Waals surface area contributed by atoms with E-state index in [2.05, 4.69) is 5.32 Å². The number of thiophene rings is 1. The molecule has 1 N–H and O–H groups in total. The molecule has 1 heterocycles. The van der Waals surface area contributed by atoms with Gasteiger partial charge in [-0.2, -0.15) is 13.2 Å². The van der Waals surface area contributed by atoms with Crippen LogP contribution in [-0.4, -0.2) is 48.7 Å². The van der Waals surface area contributed by atoms with E-state index in [0.29, 0.717) is 16.4 Å². The van der Waals surface area contributed by atoms with Crippen LogP contribution in [0.15, 0.2) is 12.1 Å². The number of nitrogens with one attached hydrogen (secondary N) is 1. The first-order valence-corrected chi connectivity index (χ1v) is 10.9. The fourth-order valence-corrected chi connectivity index (χ4v) is 4.53. The van der Waals surface area contributed by atoms with Gasteiger partial charge >= 0.3 is 12.1 Å². The van der Waals surface area contributed by atoms with Crippen LogP contribution in [-0.2, 0) is 14.3 Å². The minimum absolute atomic E-state index is 0.0638. The molecule has 0 aliphatic heterocycles. The van der Waals surface area contributed by atoms with E-state index in [0.717, 1.165) is 37.0 Å². The molecule has 1 saturated carbocycles. The number of alkyl halides is 3. The normalized spacial score (nSPS) is 16.4. The molecule has 0 radical (unpaired) electrons. The molecule has 2 rings (SSSR count). The maximum absolute atomic E-state index is 13.3. The van der Waals surface area contributed by atoms with Gasteiger partial charge in [0, 0.05) is 35.6 Å². The Morgan fingerprint density at radius 2 is 1.97 bits per heavy atom. The third-order valence-corrected chi connectivity index (χ3v) is 5.99. The van der Waals surface area contributed by atoms with Crippen LogP contribution in [0.1, 0.15) is 61.2 Å². The molecule has 164 valence electrons. The van der Waals surface area contributed by atoms with Gasteiger partial charge in [0.15, 0.2) is 0 Å². The molecule has 0 bridgehead atoms. The van der Waals surface area contributed by atoms with Crippen molar-refractivity contribution in [2.75, 3.05) is 19.8 Å². The Kier molecular flexibility index (Phi) is 8.95. The molecule has 0 aromatic carbocycles. The van der Waals surface area contributed by atoms with Crippen molar-refractivity contribution in [1.82, 2.24) is 10.2 Å². The minimum Gasteiger partial charge on any atom is -0.382 e. The number of carbonyl (C=O) groups is 2. The number of halogens is 3. The molecule has 9 heteroatoms. The second kappa shape index (κ2) is 11.0. The van der Waals surface area contributed by atoms with Crippen LogP contribution in [0.2, 0.25) is 0 Å². The number of carbonyl (C=O) groups excluding carboxylic acids is 2. The quantitative estimate of drug-likeness (QED) is 0.588. The summed E-state index contributed by atoms with van der Waals surface area (Å²) >= 11 is 1.23. The fourth-order valence-electron chi connectivity index (χ4n) is 3.54. The number of amides is 2. The summed E-state index contributed by atoms with van der Waals surface area (Å²) in [7, 11) is 0. The van der Waals surface area contributed by atoms with E-state index in [4.69, 9.17) is 4.74 Å². The summed E-state index contributed by atoms with van der Waals surface area (Å²) in [5, 5.41) is 2.89. The van der Waals surface area contributed by atoms with Gasteiger partial charge in [-0.05, 0) is 45.2 Å². The Bertz CT molecular complexity index is 672. The number of rotatable bonds is 9. The van der Waals surface area contributed by atoms with Gasteiger partial charge in [-0.25, -0.2) is 0 Å². The summed E-state index contributed by atoms with van der Waals surface area (Å²) in [4.78, 5) is 27.3. The molecule has 1 unspecified atom stereocenters. The highest BCUT2D eigenvalue weighted by molar-refractivity contribution is 7.12. The predicted molar refractivity (Wildman–Crippen MR) is 106 cm³/mol. The third kappa shape index (κ3) is 6.99. The summed E-state index contributed by atoms with van der Waals surface area (Å²) < 4.78 is 45.2. The fraction of sp³-hybridized carbons (Fsp3) is 0.700. The molecule has 1 aromatic heterocycles. The average Bonchev–Trinajstić information content (AvgIpc) is 3.09. The zero-order valence-corrected chi connectivity index (χ0v) is 17.7. The van der Waals surface area contributed by atoms with E-state index < -0.39 is 24.0 Å². The van der Waals surface area contributed by atoms with Crippen molar-refractivity contribution in [3.63, 3.8) is 0 Å². The van der Waals surface area contributed by atoms with Crippen molar-refractivity contribution in [2.24, 2.45) is 0 Å². The molecular weight excluding hydrogens is 405 g/mol. The highest BCUT2D eigenvalue weighted by Crippen LogP contribution is 2.32. The lowest BCUT2D eigenvalue weighted by Crippen LogP contribution is -2.50. The lowest BCUT2D eigenvalue weighted by atomic mass is 9.95. The lowest BCUT2D eigenvalue weighted by Gasteiger charge is -2.33. The lowest BCUT2D eigenvalue weighted by molar-refractivity contribution is -0.189. The molecule has 1 aromatic rings. The third-order valence-electron chi connectivity index (χ3n) is 4.94. The van der Waals surface area contributed by atoms with Crippen LogP contribution < -0.4 is 5.32 Å². The first-order valence-electron chi connectivity index (χ1n) is 10.1. The second-order valence-corrected chi connectivity index (χ2v) is 8.56. The minimum atomic E-state index is -5.05. The van der Waals surface area contributed by atoms with E-state index in [1.54, 1.807) is 19.1 Å². The maximum atomic E-state index is 13.3. The Hall–Kier alpha value is -1.61. The van der Waals surface area contributed by atoms with Crippen molar-refractivity contribution in [1.29, 1.82) is 0 Å². The molecule has 0 saturated heterocycles. The second-order valence-electron chi connectivity index (χ2n) is 7.24. The van der Waals surface area contributed by atoms with E-state index in [1.165, 1.54) is 11.3 Å². The average molecular weight is 435 g/mol. The van der Waals surface area contributed by atoms with E-state index in [9.17, 15) is 22.8 Å². The maximum Gasteiger partial charge on any atom is 0.471 e. The predicted octanol–water partition coefficient (Wildman–Crippen LogP) is 4.36. The highest BCUT2D eigenvalue weighted by Gasteiger charge is 2.46. The SMILES string of the molecule is CCOCCCN(C(=O)C(F)(F)F)C(C(=O)NC1CCCCC1)c1ccc(C)s1. The number of aryl methyl sites for hydroxylation is 1. The van der Waals surface area contributed by atoms with Crippen LogP contribution in [0.5, 0.6) is 0 Å². The number of hydrogen-bond donors (Lipinski definition) is 1. The summed E-state index contributed by atoms with van der Waals surface area (Å²) in [6.45, 7) is 4.04. The van der Waals surface area contributed by atoms with Gasteiger partial charge in [-0.15, -0.1) is 11.3 Å². The van der Waals surface area contributed by atoms with Crippen molar-refractivity contribution in [3.05, 3.63) is 21.9 Å². The van der Waals surface area contributed by atoms with Crippen LogP contribution in [0, 0.1) is 6.92 Å². The highest BCUT2D eigenvalue weighted by atomic mass is 32.1. The van der Waals surface area contributed by atoms with Crippen molar-refractivity contribution >= 4 is 23.2 Å². The van der Waals surface area contributed by atoms with Crippen LogP contribution in [0.4, 0.5) is 13.2 Å². The molecule has 1 fully saturated rings. The number of nitrogens with zero attached hydrogens (tertiary/aromatic N) is 1. The van der Waals surface area contributed by atoms with Crippen LogP contribution in [0.3, 0.4) is 0 Å². The largest absolute Gasteiger partial charge is 0.471 e. The first-order chi connectivity index (χ1) is 13.7. The van der Waals surface area contributed by atoms with Crippen molar-refractivity contribution < 1.29 is 27.5 Å². The van der Waals surface area contributed by atoms with E-state index >= 15 is 0 Å². The molecule has 5 nitrogen and oxygen atoms in total. The zero-order chi connectivity index (χ0) is 21.4. The Balaban J connectivity index is 2.29. The smallest absolute Gasteiger partial charge is 0.382 e. The molecule has 1 atom stereocenters. The van der Waals surface area contributed by atoms with Gasteiger partial charge in [0.05, 0.1) is 0 Å². The van der Waals surface area contributed by atoms with Crippen molar-refractivity contribution in [3.8, 4) is 0 Å². The molecule has 0 spiro atoms. The standard InChI is InChI=1S/C20H29F3N2O3S/c1-3-28-13-7-12-25(19(27)20(21,22)23)17(16-11-10-14(2)29-16)18(26)24-15-8-5-4-6-9-15/h10-11,15,17H,3-9,12-13H2,1-2H3,(H,24,26). The summed E-state index contributed by atoms with van der Waals surface area (Å²) in [6.07, 6.45) is -0.177. The van der Waals surface area contributed by atoms with Crippen LogP contribution in [0.25, 0.3) is 0 Å². The molecule has 29 heavy (non-hydrogen) atoms. The Morgan fingerprint density at radius 1 is 1.28 bits per heavy atom. The topological polar surface area (TPSA) is 58.6 Å². The van der Waals surface area contributed by atoms with Gasteiger partial charge in [0.25, 0.3) is 0 Å². The van der Waals surface area contributed by atoms with Gasteiger partial charge in [0.1, 0.15) is 6.04 Å². The summed E-state index contributed by atoms with van der Waals surface area (Å²) in [5.41, 5.74) is 0. The van der Waals surface area contributed by atoms with Gasteiger partial charge in [-0.3, -0.25) is 9.59 Å². The molecule has 1 aliphatic rings. The van der Waals surface area contributed by atoms with E-state index in [1.807, 2.05) is 6.92 Å². The Morgan fingerprint density at radius 3 is 2.52 bits per heavy atom. The first kappa shape index (κ1) is 23.7. The summed E-state index contributed by atoms with van der Waals surface area (Å²) in [6, 6.07) is 2.01. The van der Waals surface area contributed by atoms with Gasteiger partial charge in [0.2, 0.25) is 5.91 Å². The monoisotopic (exact) mass is 434 g/mol. The molecule has 1 aliphatic carbocycles. The van der Waals surface area contributed by atoms with Gasteiger partial charge in [-0.1, -0.05) is 19.3 Å². The van der Waals surface area contributed by atoms with Gasteiger partial charge < -0.3 is 15.0 Å². The van der Waals surface area contributed by atoms with E-state index in [-0.39, 0.29) is 25.6 Å². The van der Waals surface area contributed by atoms with Crippen molar-refractivity contribution in [2.45, 2.75) is 70.6 Å². The van der Waals surface area contributed by atoms with Crippen LogP contribution >= 0.6 is 11.3 Å². The number of hydrogen-bond acceptors (Lipinski definition) is 4. The summed E-state index contributed by atoms with van der Waals surface area (Å²) in [5.74, 6) is -2.54. The molecule has 2 amide bonds. The zero-order valence-electron chi connectivity index (χ0n) is 16.9. The Labute approximate surface area is 173 Å². The number of ether oxygens (including phenoxy) is 1.